The Balaban J connectivity index is 1.51. The fourth-order valence-electron chi connectivity index (χ4n) is 2.82. The molecule has 31 heavy (non-hydrogen) atoms. The number of hydrogen-bond acceptors (Lipinski definition) is 4. The number of hydrogen-bond donors (Lipinski definition) is 1. The lowest BCUT2D eigenvalue weighted by molar-refractivity contribution is -0.115. The maximum atomic E-state index is 12.3. The van der Waals surface area contributed by atoms with E-state index in [1.54, 1.807) is 12.1 Å². The molecule has 1 aliphatic heterocycles. The first-order chi connectivity index (χ1) is 15.0. The first-order valence-electron chi connectivity index (χ1n) is 9.19. The minimum Gasteiger partial charge on any atom is -0.486 e. The van der Waals surface area contributed by atoms with Gasteiger partial charge in [0, 0.05) is 10.6 Å². The number of nitrogens with zero attached hydrogens (tertiary/aromatic N) is 1. The molecule has 0 aliphatic carbocycles. The van der Waals surface area contributed by atoms with E-state index in [4.69, 9.17) is 27.9 Å². The van der Waals surface area contributed by atoms with E-state index in [1.807, 2.05) is 60.7 Å². The third-order valence-corrected chi connectivity index (χ3v) is 6.43. The molecule has 4 rings (SSSR count). The third-order valence-electron chi connectivity index (χ3n) is 4.29. The van der Waals surface area contributed by atoms with E-state index in [1.165, 1.54) is 11.8 Å². The van der Waals surface area contributed by atoms with Gasteiger partial charge in [-0.25, -0.2) is 4.99 Å². The first-order valence-corrected chi connectivity index (χ1v) is 11.6. The zero-order valence-electron chi connectivity index (χ0n) is 15.9. The summed E-state index contributed by atoms with van der Waals surface area (Å²) in [5.74, 6) is 0.310. The molecule has 8 heteroatoms. The van der Waals surface area contributed by atoms with Crippen LogP contribution in [0.5, 0.6) is 5.75 Å². The van der Waals surface area contributed by atoms with Gasteiger partial charge in [0.15, 0.2) is 10.9 Å². The fraction of sp³-hybridized carbons (Fsp3) is 0.0435. The summed E-state index contributed by atoms with van der Waals surface area (Å²) in [5, 5.41) is 4.37. The lowest BCUT2D eigenvalue weighted by Crippen LogP contribution is -2.19. The topological polar surface area (TPSA) is 50.7 Å². The molecule has 0 aromatic heterocycles. The van der Waals surface area contributed by atoms with Crippen LogP contribution in [0.15, 0.2) is 81.1 Å². The van der Waals surface area contributed by atoms with Gasteiger partial charge in [0.1, 0.15) is 6.61 Å². The predicted molar refractivity (Wildman–Crippen MR) is 132 cm³/mol. The summed E-state index contributed by atoms with van der Waals surface area (Å²) in [7, 11) is 0. The minimum atomic E-state index is -0.203. The second kappa shape index (κ2) is 9.92. The quantitative estimate of drug-likeness (QED) is 0.352. The molecule has 3 aromatic carbocycles. The van der Waals surface area contributed by atoms with E-state index in [0.717, 1.165) is 16.8 Å². The van der Waals surface area contributed by atoms with Crippen molar-refractivity contribution in [2.24, 2.45) is 4.99 Å². The van der Waals surface area contributed by atoms with E-state index >= 15 is 0 Å². The second-order valence-corrected chi connectivity index (χ2v) is 9.21. The summed E-state index contributed by atoms with van der Waals surface area (Å²) in [6.45, 7) is 0.288. The zero-order chi connectivity index (χ0) is 21.8. The monoisotopic (exact) mass is 532 g/mol. The molecule has 3 aromatic rings. The van der Waals surface area contributed by atoms with Crippen molar-refractivity contribution < 1.29 is 9.53 Å². The van der Waals surface area contributed by atoms with Gasteiger partial charge in [0.25, 0.3) is 5.91 Å². The normalized spacial score (nSPS) is 16.0. The Morgan fingerprint density at radius 3 is 2.52 bits per heavy atom. The van der Waals surface area contributed by atoms with Crippen LogP contribution in [0.4, 0.5) is 5.69 Å². The van der Waals surface area contributed by atoms with Crippen molar-refractivity contribution in [2.75, 3.05) is 0 Å². The molecule has 1 fully saturated rings. The number of amides is 1. The van der Waals surface area contributed by atoms with Crippen molar-refractivity contribution in [1.29, 1.82) is 0 Å². The van der Waals surface area contributed by atoms with Crippen LogP contribution < -0.4 is 10.1 Å². The Kier molecular flexibility index (Phi) is 7.02. The molecule has 1 N–H and O–H groups in total. The van der Waals surface area contributed by atoms with E-state index in [2.05, 4.69) is 26.2 Å². The van der Waals surface area contributed by atoms with Crippen LogP contribution in [-0.2, 0) is 11.4 Å². The molecule has 0 unspecified atom stereocenters. The predicted octanol–water partition coefficient (Wildman–Crippen LogP) is 7.23. The van der Waals surface area contributed by atoms with Crippen molar-refractivity contribution in [3.8, 4) is 5.75 Å². The van der Waals surface area contributed by atoms with E-state index in [-0.39, 0.29) is 12.5 Å². The van der Waals surface area contributed by atoms with Crippen molar-refractivity contribution in [3.05, 3.63) is 97.3 Å². The zero-order valence-corrected chi connectivity index (χ0v) is 19.9. The molecule has 0 spiro atoms. The van der Waals surface area contributed by atoms with Crippen LogP contribution in [0.3, 0.4) is 0 Å². The number of carbonyl (C=O) groups is 1. The fourth-order valence-corrected chi connectivity index (χ4v) is 4.84. The summed E-state index contributed by atoms with van der Waals surface area (Å²) in [5.41, 5.74) is 2.40. The highest BCUT2D eigenvalue weighted by molar-refractivity contribution is 9.10. The molecule has 1 heterocycles. The molecule has 4 nitrogen and oxygen atoms in total. The van der Waals surface area contributed by atoms with Gasteiger partial charge >= 0.3 is 0 Å². The molecule has 156 valence electrons. The summed E-state index contributed by atoms with van der Waals surface area (Å²) in [4.78, 5) is 17.3. The number of rotatable bonds is 5. The summed E-state index contributed by atoms with van der Waals surface area (Å²) in [6.07, 6.45) is 1.77. The Morgan fingerprint density at radius 2 is 1.77 bits per heavy atom. The number of halogens is 3. The Labute approximate surface area is 202 Å². The van der Waals surface area contributed by atoms with Gasteiger partial charge in [-0.2, -0.15) is 0 Å². The van der Waals surface area contributed by atoms with Crippen LogP contribution in [0, 0.1) is 0 Å². The average Bonchev–Trinajstić information content (AvgIpc) is 3.08. The van der Waals surface area contributed by atoms with Crippen LogP contribution in [0.2, 0.25) is 10.0 Å². The number of amidine groups is 1. The van der Waals surface area contributed by atoms with Crippen LogP contribution in [0.25, 0.3) is 6.08 Å². The van der Waals surface area contributed by atoms with E-state index in [9.17, 15) is 4.79 Å². The molecule has 0 atom stereocenters. The molecule has 1 aliphatic rings. The van der Waals surface area contributed by atoms with Crippen molar-refractivity contribution in [1.82, 2.24) is 5.32 Å². The standard InChI is InChI=1S/C23H15BrCl2N2O2S/c24-17-10-14(11-19(26)21(17)30-13-15-6-4-5-9-18(15)25)12-20-22(29)28-23(31-20)27-16-7-2-1-3-8-16/h1-12H,13H2,(H,27,28,29)/b20-12-. The number of benzene rings is 3. The average molecular weight is 534 g/mol. The van der Waals surface area contributed by atoms with Crippen LogP contribution >= 0.6 is 50.9 Å². The van der Waals surface area contributed by atoms with Crippen LogP contribution in [-0.4, -0.2) is 11.1 Å². The molecule has 1 saturated heterocycles. The summed E-state index contributed by atoms with van der Waals surface area (Å²) in [6, 6.07) is 20.5. The summed E-state index contributed by atoms with van der Waals surface area (Å²) >= 11 is 17.4. The van der Waals surface area contributed by atoms with E-state index in [0.29, 0.717) is 30.3 Å². The molecular weight excluding hydrogens is 519 g/mol. The smallest absolute Gasteiger partial charge is 0.264 e. The van der Waals surface area contributed by atoms with Gasteiger partial charge in [-0.15, -0.1) is 0 Å². The van der Waals surface area contributed by atoms with Crippen LogP contribution in [0.1, 0.15) is 11.1 Å². The van der Waals surface area contributed by atoms with E-state index < -0.39 is 0 Å². The lowest BCUT2D eigenvalue weighted by Gasteiger charge is -2.12. The third kappa shape index (κ3) is 5.52. The number of thioether (sulfide) groups is 1. The lowest BCUT2D eigenvalue weighted by atomic mass is 10.2. The Hall–Kier alpha value is -2.25. The van der Waals surface area contributed by atoms with Gasteiger partial charge in [-0.3, -0.25) is 4.79 Å². The highest BCUT2D eigenvalue weighted by Crippen LogP contribution is 2.37. The van der Waals surface area contributed by atoms with Crippen molar-refractivity contribution in [3.63, 3.8) is 0 Å². The molecule has 0 radical (unpaired) electrons. The Morgan fingerprint density at radius 1 is 1.03 bits per heavy atom. The first kappa shape index (κ1) is 22.0. The number of aliphatic imine (C=N–C) groups is 1. The van der Waals surface area contributed by atoms with Gasteiger partial charge in [0.2, 0.25) is 0 Å². The largest absolute Gasteiger partial charge is 0.486 e. The number of ether oxygens (including phenoxy) is 1. The minimum absolute atomic E-state index is 0.203. The maximum absolute atomic E-state index is 12.3. The van der Waals surface area contributed by atoms with Gasteiger partial charge in [-0.05, 0) is 69.7 Å². The number of para-hydroxylation sites is 1. The number of carbonyl (C=O) groups excluding carboxylic acids is 1. The van der Waals surface area contributed by atoms with Gasteiger partial charge < -0.3 is 10.1 Å². The highest BCUT2D eigenvalue weighted by Gasteiger charge is 2.24. The number of nitrogens with one attached hydrogen (secondary N) is 1. The maximum Gasteiger partial charge on any atom is 0.264 e. The molecule has 0 saturated carbocycles. The van der Waals surface area contributed by atoms with Gasteiger partial charge in [-0.1, -0.05) is 59.6 Å². The summed E-state index contributed by atoms with van der Waals surface area (Å²) < 4.78 is 6.56. The molecule has 1 amide bonds. The second-order valence-electron chi connectivity index (χ2n) is 6.51. The molecular formula is C23H15BrCl2N2O2S. The highest BCUT2D eigenvalue weighted by atomic mass is 79.9. The molecule has 0 bridgehead atoms. The van der Waals surface area contributed by atoms with Crippen molar-refractivity contribution >= 4 is 73.7 Å². The SMILES string of the molecule is O=C1NC(=Nc2ccccc2)S/C1=C\c1cc(Cl)c(OCc2ccccc2Cl)c(Br)c1. The van der Waals surface area contributed by atoms with Crippen molar-refractivity contribution in [2.45, 2.75) is 6.61 Å². The van der Waals surface area contributed by atoms with Gasteiger partial charge in [0.05, 0.1) is 20.1 Å². The Bertz CT molecular complexity index is 1180.